The van der Waals surface area contributed by atoms with Crippen LogP contribution < -0.4 is 16.6 Å². The van der Waals surface area contributed by atoms with Gasteiger partial charge in [0.15, 0.2) is 0 Å². The fourth-order valence-corrected chi connectivity index (χ4v) is 1.19. The second-order valence-electron chi connectivity index (χ2n) is 3.55. The summed E-state index contributed by atoms with van der Waals surface area (Å²) in [6, 6.07) is 0. The molecule has 0 saturated heterocycles. The fraction of sp³-hybridized carbons (Fsp3) is 0.400. The number of H-pyrrole nitrogens is 1. The molecular weight excluding hydrogens is 242 g/mol. The van der Waals surface area contributed by atoms with Crippen molar-refractivity contribution >= 4 is 11.9 Å². The molecule has 1 amide bonds. The molecule has 0 atom stereocenters. The lowest BCUT2D eigenvalue weighted by atomic mass is 10.4. The molecule has 0 unspecified atom stereocenters. The summed E-state index contributed by atoms with van der Waals surface area (Å²) in [5.74, 6) is -1.12. The van der Waals surface area contributed by atoms with Gasteiger partial charge in [-0.2, -0.15) is 0 Å². The Morgan fingerprint density at radius 3 is 2.72 bits per heavy atom. The maximum Gasteiger partial charge on any atom is 0.328 e. The van der Waals surface area contributed by atoms with Crippen LogP contribution in [0.5, 0.6) is 0 Å². The number of methoxy groups -OCH3 is 1. The van der Waals surface area contributed by atoms with Gasteiger partial charge in [-0.3, -0.25) is 23.9 Å². The van der Waals surface area contributed by atoms with Gasteiger partial charge in [-0.15, -0.1) is 0 Å². The molecule has 0 bridgehead atoms. The van der Waals surface area contributed by atoms with E-state index in [1.807, 2.05) is 0 Å². The maximum atomic E-state index is 11.4. The molecule has 0 radical (unpaired) electrons. The van der Waals surface area contributed by atoms with E-state index >= 15 is 0 Å². The van der Waals surface area contributed by atoms with Gasteiger partial charge in [0.2, 0.25) is 5.91 Å². The Hall–Kier alpha value is -2.38. The molecule has 8 nitrogen and oxygen atoms in total. The van der Waals surface area contributed by atoms with Gasteiger partial charge in [0.05, 0.1) is 7.11 Å². The number of aromatic nitrogens is 2. The molecule has 0 aliphatic heterocycles. The van der Waals surface area contributed by atoms with Crippen molar-refractivity contribution in [3.8, 4) is 0 Å². The minimum atomic E-state index is -0.682. The Balaban J connectivity index is 2.71. The monoisotopic (exact) mass is 255 g/mol. The number of aryl methyl sites for hydroxylation is 1. The first-order chi connectivity index (χ1) is 8.43. The zero-order valence-electron chi connectivity index (χ0n) is 9.98. The summed E-state index contributed by atoms with van der Waals surface area (Å²) >= 11 is 0. The van der Waals surface area contributed by atoms with Crippen LogP contribution in [0.15, 0.2) is 15.8 Å². The third kappa shape index (κ3) is 3.58. The quantitative estimate of drug-likeness (QED) is 0.613. The van der Waals surface area contributed by atoms with Crippen molar-refractivity contribution in [3.05, 3.63) is 32.6 Å². The van der Waals surface area contributed by atoms with Gasteiger partial charge in [-0.05, 0) is 6.92 Å². The van der Waals surface area contributed by atoms with E-state index in [4.69, 9.17) is 0 Å². The number of hydrogen-bond acceptors (Lipinski definition) is 5. The fourth-order valence-electron chi connectivity index (χ4n) is 1.19. The van der Waals surface area contributed by atoms with Crippen LogP contribution in [0.4, 0.5) is 0 Å². The first kappa shape index (κ1) is 13.7. The smallest absolute Gasteiger partial charge is 0.328 e. The Morgan fingerprint density at radius 1 is 1.44 bits per heavy atom. The summed E-state index contributed by atoms with van der Waals surface area (Å²) in [4.78, 5) is 46.7. The van der Waals surface area contributed by atoms with E-state index in [1.165, 1.54) is 20.2 Å². The van der Waals surface area contributed by atoms with E-state index in [2.05, 4.69) is 15.0 Å². The number of ether oxygens (including phenoxy) is 1. The van der Waals surface area contributed by atoms with E-state index in [0.717, 1.165) is 4.57 Å². The van der Waals surface area contributed by atoms with Gasteiger partial charge in [-0.1, -0.05) is 0 Å². The van der Waals surface area contributed by atoms with Crippen molar-refractivity contribution in [2.24, 2.45) is 0 Å². The summed E-state index contributed by atoms with van der Waals surface area (Å²) in [5, 5.41) is 2.28. The second-order valence-corrected chi connectivity index (χ2v) is 3.55. The first-order valence-electron chi connectivity index (χ1n) is 5.08. The number of nitrogens with zero attached hydrogens (tertiary/aromatic N) is 1. The van der Waals surface area contributed by atoms with Gasteiger partial charge in [0, 0.05) is 11.8 Å². The minimum absolute atomic E-state index is 0.271. The molecule has 0 spiro atoms. The third-order valence-corrected chi connectivity index (χ3v) is 2.16. The highest BCUT2D eigenvalue weighted by atomic mass is 16.5. The molecule has 2 N–H and O–H groups in total. The number of esters is 1. The van der Waals surface area contributed by atoms with Gasteiger partial charge < -0.3 is 10.1 Å². The lowest BCUT2D eigenvalue weighted by molar-refractivity contribution is -0.141. The van der Waals surface area contributed by atoms with E-state index < -0.39 is 23.1 Å². The first-order valence-corrected chi connectivity index (χ1v) is 5.08. The minimum Gasteiger partial charge on any atom is -0.468 e. The van der Waals surface area contributed by atoms with Crippen LogP contribution in [0.2, 0.25) is 0 Å². The highest BCUT2D eigenvalue weighted by molar-refractivity contribution is 5.81. The zero-order valence-corrected chi connectivity index (χ0v) is 9.98. The van der Waals surface area contributed by atoms with Crippen molar-refractivity contribution in [2.75, 3.05) is 13.7 Å². The summed E-state index contributed by atoms with van der Waals surface area (Å²) in [7, 11) is 1.20. The van der Waals surface area contributed by atoms with Gasteiger partial charge in [-0.25, -0.2) is 4.79 Å². The predicted molar refractivity (Wildman–Crippen MR) is 61.1 cm³/mol. The summed E-state index contributed by atoms with van der Waals surface area (Å²) in [6.07, 6.45) is 1.28. The molecule has 0 aromatic carbocycles. The highest BCUT2D eigenvalue weighted by Gasteiger charge is 2.08. The second kappa shape index (κ2) is 5.80. The lowest BCUT2D eigenvalue weighted by Gasteiger charge is -2.06. The predicted octanol–water partition coefficient (Wildman–Crippen LogP) is -1.87. The summed E-state index contributed by atoms with van der Waals surface area (Å²) in [5.41, 5.74) is -0.861. The van der Waals surface area contributed by atoms with Crippen molar-refractivity contribution in [3.63, 3.8) is 0 Å². The van der Waals surface area contributed by atoms with Crippen LogP contribution in [0.1, 0.15) is 5.56 Å². The number of rotatable bonds is 4. The number of carbonyl (C=O) groups excluding carboxylic acids is 2. The molecule has 1 aromatic heterocycles. The highest BCUT2D eigenvalue weighted by Crippen LogP contribution is 1.84. The molecule has 98 valence electrons. The van der Waals surface area contributed by atoms with Crippen molar-refractivity contribution in [2.45, 2.75) is 13.5 Å². The molecule has 0 fully saturated rings. The van der Waals surface area contributed by atoms with Crippen LogP contribution in [0.25, 0.3) is 0 Å². The van der Waals surface area contributed by atoms with Gasteiger partial charge in [0.1, 0.15) is 13.1 Å². The normalized spacial score (nSPS) is 9.89. The Morgan fingerprint density at radius 2 is 2.11 bits per heavy atom. The summed E-state index contributed by atoms with van der Waals surface area (Å²) in [6.45, 7) is 0.959. The SMILES string of the molecule is COC(=O)CNC(=O)Cn1cc(C)c(=O)[nH]c1=O. The molecule has 0 aliphatic rings. The number of nitrogens with one attached hydrogen (secondary N) is 2. The third-order valence-electron chi connectivity index (χ3n) is 2.16. The summed E-state index contributed by atoms with van der Waals surface area (Å²) < 4.78 is 5.38. The van der Waals surface area contributed by atoms with E-state index in [0.29, 0.717) is 5.56 Å². The Kier molecular flexibility index (Phi) is 4.41. The van der Waals surface area contributed by atoms with Crippen LogP contribution in [-0.4, -0.2) is 35.1 Å². The average molecular weight is 255 g/mol. The number of amides is 1. The molecule has 0 aliphatic carbocycles. The average Bonchev–Trinajstić information content (AvgIpc) is 2.33. The van der Waals surface area contributed by atoms with E-state index in [1.54, 1.807) is 0 Å². The molecule has 1 heterocycles. The van der Waals surface area contributed by atoms with Crippen LogP contribution in [0.3, 0.4) is 0 Å². The standard InChI is InChI=1S/C10H13N3O5/c1-6-4-13(10(17)12-9(6)16)5-7(14)11-3-8(15)18-2/h4H,3,5H2,1-2H3,(H,11,14)(H,12,16,17). The Labute approximate surface area is 102 Å². The maximum absolute atomic E-state index is 11.4. The molecule has 8 heteroatoms. The van der Waals surface area contributed by atoms with Crippen LogP contribution >= 0.6 is 0 Å². The van der Waals surface area contributed by atoms with Crippen LogP contribution in [0, 0.1) is 6.92 Å². The van der Waals surface area contributed by atoms with E-state index in [9.17, 15) is 19.2 Å². The number of aromatic amines is 1. The molecule has 18 heavy (non-hydrogen) atoms. The van der Waals surface area contributed by atoms with Crippen LogP contribution in [-0.2, 0) is 20.9 Å². The number of carbonyl (C=O) groups is 2. The zero-order chi connectivity index (χ0) is 13.7. The van der Waals surface area contributed by atoms with Gasteiger partial charge in [0.25, 0.3) is 5.56 Å². The van der Waals surface area contributed by atoms with Gasteiger partial charge >= 0.3 is 11.7 Å². The topological polar surface area (TPSA) is 110 Å². The van der Waals surface area contributed by atoms with Crippen molar-refractivity contribution in [1.82, 2.24) is 14.9 Å². The largest absolute Gasteiger partial charge is 0.468 e. The lowest BCUT2D eigenvalue weighted by Crippen LogP contribution is -2.38. The molecule has 0 saturated carbocycles. The molecule has 1 aromatic rings. The molecule has 1 rings (SSSR count). The molecular formula is C10H13N3O5. The Bertz CT molecular complexity index is 572. The van der Waals surface area contributed by atoms with Crippen molar-refractivity contribution in [1.29, 1.82) is 0 Å². The van der Waals surface area contributed by atoms with Crippen molar-refractivity contribution < 1.29 is 14.3 Å². The van der Waals surface area contributed by atoms with E-state index in [-0.39, 0.29) is 13.1 Å². The number of hydrogen-bond donors (Lipinski definition) is 2.